The van der Waals surface area contributed by atoms with Crippen LogP contribution in [0.15, 0.2) is 27.6 Å². The van der Waals surface area contributed by atoms with Crippen LogP contribution in [-0.2, 0) is 6.54 Å². The van der Waals surface area contributed by atoms with Gasteiger partial charge in [0.05, 0.1) is 0 Å². The number of thiol groups is 1. The second-order valence-electron chi connectivity index (χ2n) is 4.58. The van der Waals surface area contributed by atoms with Crippen LogP contribution in [-0.4, -0.2) is 10.3 Å². The Morgan fingerprint density at radius 1 is 1.00 bits per heavy atom. The SMILES string of the molecule is O=c1ccc(Br)cn1CCCCCCCCCS. The van der Waals surface area contributed by atoms with Crippen molar-refractivity contribution in [2.24, 2.45) is 0 Å². The van der Waals surface area contributed by atoms with Crippen LogP contribution in [0.25, 0.3) is 0 Å². The van der Waals surface area contributed by atoms with Crippen molar-refractivity contribution in [3.8, 4) is 0 Å². The van der Waals surface area contributed by atoms with E-state index < -0.39 is 0 Å². The van der Waals surface area contributed by atoms with Crippen LogP contribution >= 0.6 is 28.6 Å². The molecule has 18 heavy (non-hydrogen) atoms. The zero-order valence-electron chi connectivity index (χ0n) is 10.8. The van der Waals surface area contributed by atoms with Crippen LogP contribution < -0.4 is 5.56 Å². The summed E-state index contributed by atoms with van der Waals surface area (Å²) in [7, 11) is 0. The van der Waals surface area contributed by atoms with Gasteiger partial charge in [0.1, 0.15) is 0 Å². The lowest BCUT2D eigenvalue weighted by Crippen LogP contribution is -2.18. The minimum absolute atomic E-state index is 0.0898. The van der Waals surface area contributed by atoms with Gasteiger partial charge >= 0.3 is 0 Å². The first-order valence-electron chi connectivity index (χ1n) is 6.71. The summed E-state index contributed by atoms with van der Waals surface area (Å²) in [5, 5.41) is 0. The smallest absolute Gasteiger partial charge is 0.250 e. The molecule has 0 aliphatic heterocycles. The van der Waals surface area contributed by atoms with Crippen molar-refractivity contribution in [2.45, 2.75) is 51.5 Å². The van der Waals surface area contributed by atoms with Crippen molar-refractivity contribution >= 4 is 28.6 Å². The first-order chi connectivity index (χ1) is 8.74. The number of hydrogen-bond donors (Lipinski definition) is 1. The van der Waals surface area contributed by atoms with Crippen LogP contribution in [0, 0.1) is 0 Å². The van der Waals surface area contributed by atoms with E-state index in [-0.39, 0.29) is 5.56 Å². The predicted molar refractivity (Wildman–Crippen MR) is 84.6 cm³/mol. The number of hydrogen-bond acceptors (Lipinski definition) is 2. The summed E-state index contributed by atoms with van der Waals surface area (Å²) in [6.07, 6.45) is 10.6. The number of aromatic nitrogens is 1. The maximum absolute atomic E-state index is 11.5. The first-order valence-corrected chi connectivity index (χ1v) is 8.13. The summed E-state index contributed by atoms with van der Waals surface area (Å²) in [4.78, 5) is 11.5. The van der Waals surface area contributed by atoms with Gasteiger partial charge in [0, 0.05) is 23.3 Å². The predicted octanol–water partition coefficient (Wildman–Crippen LogP) is 4.27. The molecule has 4 heteroatoms. The molecule has 1 rings (SSSR count). The lowest BCUT2D eigenvalue weighted by molar-refractivity contribution is 0.543. The molecule has 1 aromatic heterocycles. The fourth-order valence-electron chi connectivity index (χ4n) is 1.95. The topological polar surface area (TPSA) is 22.0 Å². The van der Waals surface area contributed by atoms with E-state index >= 15 is 0 Å². The van der Waals surface area contributed by atoms with E-state index in [0.717, 1.165) is 23.2 Å². The lowest BCUT2D eigenvalue weighted by Gasteiger charge is -2.05. The summed E-state index contributed by atoms with van der Waals surface area (Å²) < 4.78 is 2.75. The fraction of sp³-hybridized carbons (Fsp3) is 0.643. The molecule has 1 aromatic rings. The highest BCUT2D eigenvalue weighted by Crippen LogP contribution is 2.09. The van der Waals surface area contributed by atoms with Gasteiger partial charge in [0.2, 0.25) is 0 Å². The monoisotopic (exact) mass is 331 g/mol. The molecular formula is C14H22BrNOS. The first kappa shape index (κ1) is 15.8. The van der Waals surface area contributed by atoms with Crippen molar-refractivity contribution in [1.82, 2.24) is 4.57 Å². The van der Waals surface area contributed by atoms with E-state index in [1.807, 2.05) is 6.20 Å². The minimum Gasteiger partial charge on any atom is -0.314 e. The van der Waals surface area contributed by atoms with Gasteiger partial charge in [-0.05, 0) is 40.6 Å². The van der Waals surface area contributed by atoms with Crippen LogP contribution in [0.4, 0.5) is 0 Å². The fourth-order valence-corrected chi connectivity index (χ4v) is 2.56. The third-order valence-electron chi connectivity index (χ3n) is 3.00. The molecule has 0 saturated heterocycles. The molecular weight excluding hydrogens is 310 g/mol. The zero-order chi connectivity index (χ0) is 13.2. The number of unbranched alkanes of at least 4 members (excludes halogenated alkanes) is 6. The Morgan fingerprint density at radius 3 is 2.28 bits per heavy atom. The summed E-state index contributed by atoms with van der Waals surface area (Å²) in [6.45, 7) is 0.828. The molecule has 0 atom stereocenters. The van der Waals surface area contributed by atoms with Crippen molar-refractivity contribution in [3.63, 3.8) is 0 Å². The molecule has 1 heterocycles. The molecule has 0 saturated carbocycles. The van der Waals surface area contributed by atoms with E-state index in [2.05, 4.69) is 28.6 Å². The standard InChI is InChI=1S/C14H22BrNOS/c15-13-8-9-14(17)16(12-13)10-6-4-2-1-3-5-7-11-18/h8-9,12,18H,1-7,10-11H2. The molecule has 0 aromatic carbocycles. The van der Waals surface area contributed by atoms with Gasteiger partial charge in [-0.1, -0.05) is 32.1 Å². The average Bonchev–Trinajstić information content (AvgIpc) is 2.36. The molecule has 2 nitrogen and oxygen atoms in total. The Bertz CT molecular complexity index is 392. The van der Waals surface area contributed by atoms with Crippen LogP contribution in [0.2, 0.25) is 0 Å². The molecule has 0 N–H and O–H groups in total. The lowest BCUT2D eigenvalue weighted by atomic mass is 10.1. The van der Waals surface area contributed by atoms with Crippen molar-refractivity contribution in [3.05, 3.63) is 33.2 Å². The van der Waals surface area contributed by atoms with Crippen molar-refractivity contribution in [2.75, 3.05) is 5.75 Å². The quantitative estimate of drug-likeness (QED) is 0.529. The van der Waals surface area contributed by atoms with E-state index in [9.17, 15) is 4.79 Å². The molecule has 0 bridgehead atoms. The van der Waals surface area contributed by atoms with Crippen molar-refractivity contribution < 1.29 is 0 Å². The summed E-state index contributed by atoms with van der Waals surface area (Å²) in [5.41, 5.74) is 0.0898. The molecule has 0 amide bonds. The molecule has 102 valence electrons. The summed E-state index contributed by atoms with van der Waals surface area (Å²) >= 11 is 7.59. The number of pyridine rings is 1. The highest BCUT2D eigenvalue weighted by Gasteiger charge is 1.97. The van der Waals surface area contributed by atoms with Crippen molar-refractivity contribution in [1.29, 1.82) is 0 Å². The molecule has 0 unspecified atom stereocenters. The third kappa shape index (κ3) is 6.64. The molecule has 0 spiro atoms. The minimum atomic E-state index is 0.0898. The van der Waals surface area contributed by atoms with Crippen LogP contribution in [0.1, 0.15) is 44.9 Å². The van der Waals surface area contributed by atoms with Gasteiger partial charge in [0.25, 0.3) is 5.56 Å². The number of nitrogens with zero attached hydrogens (tertiary/aromatic N) is 1. The van der Waals surface area contributed by atoms with E-state index in [4.69, 9.17) is 0 Å². The highest BCUT2D eigenvalue weighted by atomic mass is 79.9. The summed E-state index contributed by atoms with van der Waals surface area (Å²) in [5.74, 6) is 1.01. The largest absolute Gasteiger partial charge is 0.314 e. The molecule has 0 fully saturated rings. The second-order valence-corrected chi connectivity index (χ2v) is 5.94. The Morgan fingerprint density at radius 2 is 1.61 bits per heavy atom. The van der Waals surface area contributed by atoms with Gasteiger partial charge in [-0.3, -0.25) is 4.79 Å². The van der Waals surface area contributed by atoms with E-state index in [1.165, 1.54) is 38.5 Å². The normalized spacial score (nSPS) is 10.8. The molecule has 0 aliphatic carbocycles. The number of aryl methyl sites for hydroxylation is 1. The van der Waals surface area contributed by atoms with Gasteiger partial charge in [-0.2, -0.15) is 12.6 Å². The van der Waals surface area contributed by atoms with Crippen LogP contribution in [0.5, 0.6) is 0 Å². The van der Waals surface area contributed by atoms with E-state index in [0.29, 0.717) is 0 Å². The molecule has 0 radical (unpaired) electrons. The third-order valence-corrected chi connectivity index (χ3v) is 3.79. The Kier molecular flexibility index (Phi) is 8.51. The molecule has 0 aliphatic rings. The Labute approximate surface area is 123 Å². The zero-order valence-corrected chi connectivity index (χ0v) is 13.3. The number of rotatable bonds is 9. The number of halogens is 1. The maximum atomic E-state index is 11.5. The summed E-state index contributed by atoms with van der Waals surface area (Å²) in [6, 6.07) is 3.40. The van der Waals surface area contributed by atoms with Crippen LogP contribution in [0.3, 0.4) is 0 Å². The van der Waals surface area contributed by atoms with Gasteiger partial charge in [-0.15, -0.1) is 0 Å². The average molecular weight is 332 g/mol. The van der Waals surface area contributed by atoms with E-state index in [1.54, 1.807) is 16.7 Å². The second kappa shape index (κ2) is 9.68. The Balaban J connectivity index is 2.11. The van der Waals surface area contributed by atoms with Gasteiger partial charge in [0.15, 0.2) is 0 Å². The van der Waals surface area contributed by atoms with Gasteiger partial charge < -0.3 is 4.57 Å². The van der Waals surface area contributed by atoms with Gasteiger partial charge in [-0.25, -0.2) is 0 Å². The highest BCUT2D eigenvalue weighted by molar-refractivity contribution is 9.10. The Hall–Kier alpha value is -0.220. The maximum Gasteiger partial charge on any atom is 0.250 e.